The van der Waals surface area contributed by atoms with Crippen molar-refractivity contribution >= 4 is 10.0 Å². The van der Waals surface area contributed by atoms with E-state index in [-0.39, 0.29) is 17.5 Å². The number of ether oxygens (including phenoxy) is 2. The average molecular weight is 335 g/mol. The van der Waals surface area contributed by atoms with Crippen LogP contribution < -0.4 is 4.72 Å². The Balaban J connectivity index is 1.69. The van der Waals surface area contributed by atoms with Crippen LogP contribution in [-0.2, 0) is 19.5 Å². The molecule has 0 bridgehead atoms. The first-order valence-corrected chi connectivity index (χ1v) is 8.61. The number of nitrogens with one attached hydrogen (secondary N) is 1. The van der Waals surface area contributed by atoms with Crippen LogP contribution in [0.2, 0.25) is 0 Å². The summed E-state index contributed by atoms with van der Waals surface area (Å²) in [5, 5.41) is 0. The molecule has 0 radical (unpaired) electrons. The van der Waals surface area contributed by atoms with E-state index < -0.39 is 21.7 Å². The summed E-state index contributed by atoms with van der Waals surface area (Å²) in [7, 11) is -3.84. The number of rotatable bonds is 8. The first-order chi connectivity index (χ1) is 10.5. The van der Waals surface area contributed by atoms with Crippen LogP contribution in [0.15, 0.2) is 23.1 Å². The first kappa shape index (κ1) is 17.3. The van der Waals surface area contributed by atoms with Crippen LogP contribution in [0.4, 0.5) is 8.78 Å². The number of sulfonamides is 1. The van der Waals surface area contributed by atoms with Crippen LogP contribution >= 0.6 is 0 Å². The molecule has 1 heterocycles. The number of hydrogen-bond donors (Lipinski definition) is 1. The highest BCUT2D eigenvalue weighted by molar-refractivity contribution is 7.89. The minimum absolute atomic E-state index is 0.138. The summed E-state index contributed by atoms with van der Waals surface area (Å²) in [5.41, 5.74) is 0. The molecule has 0 saturated carbocycles. The molecule has 1 saturated heterocycles. The van der Waals surface area contributed by atoms with Crippen molar-refractivity contribution in [3.8, 4) is 0 Å². The Morgan fingerprint density at radius 2 is 2.14 bits per heavy atom. The lowest BCUT2D eigenvalue weighted by Gasteiger charge is -2.10. The SMILES string of the molecule is O=S(=O)(NCCCOCC1CCCO1)c1ccc(F)c(F)c1. The normalized spacial score (nSPS) is 18.7. The molecule has 2 rings (SSSR count). The summed E-state index contributed by atoms with van der Waals surface area (Å²) in [4.78, 5) is -0.299. The van der Waals surface area contributed by atoms with Gasteiger partial charge in [0, 0.05) is 19.8 Å². The Kier molecular flexibility index (Phi) is 6.25. The highest BCUT2D eigenvalue weighted by Gasteiger charge is 2.17. The van der Waals surface area contributed by atoms with Gasteiger partial charge in [-0.1, -0.05) is 0 Å². The number of halogens is 2. The lowest BCUT2D eigenvalue weighted by Crippen LogP contribution is -2.26. The van der Waals surface area contributed by atoms with Gasteiger partial charge in [0.25, 0.3) is 0 Å². The second-order valence-electron chi connectivity index (χ2n) is 5.04. The molecule has 1 unspecified atom stereocenters. The maximum Gasteiger partial charge on any atom is 0.240 e. The third-order valence-electron chi connectivity index (χ3n) is 3.29. The zero-order valence-electron chi connectivity index (χ0n) is 12.1. The molecule has 1 aromatic carbocycles. The predicted molar refractivity (Wildman–Crippen MR) is 76.0 cm³/mol. The highest BCUT2D eigenvalue weighted by Crippen LogP contribution is 2.14. The van der Waals surface area contributed by atoms with Crippen LogP contribution in [0.3, 0.4) is 0 Å². The maximum atomic E-state index is 13.0. The lowest BCUT2D eigenvalue weighted by molar-refractivity contribution is 0.0169. The lowest BCUT2D eigenvalue weighted by atomic mass is 10.2. The van der Waals surface area contributed by atoms with Crippen molar-refractivity contribution in [3.63, 3.8) is 0 Å². The first-order valence-electron chi connectivity index (χ1n) is 7.13. The third kappa shape index (κ3) is 4.98. The molecule has 5 nitrogen and oxygen atoms in total. The van der Waals surface area contributed by atoms with Crippen molar-refractivity contribution in [3.05, 3.63) is 29.8 Å². The molecule has 1 aromatic rings. The maximum absolute atomic E-state index is 13.0. The molecular formula is C14H19F2NO4S. The van der Waals surface area contributed by atoms with Crippen molar-refractivity contribution in [1.82, 2.24) is 4.72 Å². The molecule has 124 valence electrons. The summed E-state index contributed by atoms with van der Waals surface area (Å²) in [5.74, 6) is -2.27. The summed E-state index contributed by atoms with van der Waals surface area (Å²) in [6, 6.07) is 2.47. The Hall–Kier alpha value is -1.09. The van der Waals surface area contributed by atoms with E-state index in [9.17, 15) is 17.2 Å². The molecule has 1 aliphatic rings. The van der Waals surface area contributed by atoms with Gasteiger partial charge in [0.1, 0.15) is 0 Å². The van der Waals surface area contributed by atoms with Gasteiger partial charge < -0.3 is 9.47 Å². The van der Waals surface area contributed by atoms with Gasteiger partial charge in [0.05, 0.1) is 17.6 Å². The van der Waals surface area contributed by atoms with Gasteiger partial charge in [-0.3, -0.25) is 0 Å². The van der Waals surface area contributed by atoms with E-state index in [1.54, 1.807) is 0 Å². The molecule has 8 heteroatoms. The molecule has 1 atom stereocenters. The smallest absolute Gasteiger partial charge is 0.240 e. The minimum atomic E-state index is -3.84. The van der Waals surface area contributed by atoms with E-state index >= 15 is 0 Å². The predicted octanol–water partition coefficient (Wildman–Crippen LogP) is 1.83. The van der Waals surface area contributed by atoms with Gasteiger partial charge in [-0.15, -0.1) is 0 Å². The van der Waals surface area contributed by atoms with Crippen LogP contribution in [-0.4, -0.2) is 40.9 Å². The second-order valence-corrected chi connectivity index (χ2v) is 6.80. The third-order valence-corrected chi connectivity index (χ3v) is 4.75. The standard InChI is InChI=1S/C14H19F2NO4S/c15-13-5-4-12(9-14(13)16)22(18,19)17-6-2-7-20-10-11-3-1-8-21-11/h4-5,9,11,17H,1-3,6-8,10H2. The average Bonchev–Trinajstić information content (AvgIpc) is 2.98. The van der Waals surface area contributed by atoms with Gasteiger partial charge in [-0.05, 0) is 37.5 Å². The Morgan fingerprint density at radius 3 is 2.82 bits per heavy atom. The highest BCUT2D eigenvalue weighted by atomic mass is 32.2. The largest absolute Gasteiger partial charge is 0.379 e. The summed E-state index contributed by atoms with van der Waals surface area (Å²) < 4.78 is 62.7. The van der Waals surface area contributed by atoms with Gasteiger partial charge in [-0.2, -0.15) is 0 Å². The van der Waals surface area contributed by atoms with Crippen molar-refractivity contribution in [2.75, 3.05) is 26.4 Å². The molecule has 0 aliphatic carbocycles. The Labute approximate surface area is 128 Å². The monoisotopic (exact) mass is 335 g/mol. The van der Waals surface area contributed by atoms with Crippen molar-refractivity contribution in [1.29, 1.82) is 0 Å². The van der Waals surface area contributed by atoms with Gasteiger partial charge in [0.2, 0.25) is 10.0 Å². The van der Waals surface area contributed by atoms with Crippen molar-refractivity contribution in [2.24, 2.45) is 0 Å². The molecule has 0 amide bonds. The van der Waals surface area contributed by atoms with Gasteiger partial charge in [-0.25, -0.2) is 21.9 Å². The number of benzene rings is 1. The minimum Gasteiger partial charge on any atom is -0.379 e. The summed E-state index contributed by atoms with van der Waals surface area (Å²) in [6.07, 6.45) is 2.65. The fourth-order valence-corrected chi connectivity index (χ4v) is 3.18. The molecule has 1 N–H and O–H groups in total. The molecule has 0 aromatic heterocycles. The number of hydrogen-bond acceptors (Lipinski definition) is 4. The van der Waals surface area contributed by atoms with Crippen molar-refractivity contribution < 1.29 is 26.7 Å². The zero-order chi connectivity index (χ0) is 16.0. The van der Waals surface area contributed by atoms with Crippen molar-refractivity contribution in [2.45, 2.75) is 30.3 Å². The van der Waals surface area contributed by atoms with E-state index in [0.29, 0.717) is 25.7 Å². The second kappa shape index (κ2) is 7.96. The zero-order valence-corrected chi connectivity index (χ0v) is 12.9. The topological polar surface area (TPSA) is 64.6 Å². The fraction of sp³-hybridized carbons (Fsp3) is 0.571. The van der Waals surface area contributed by atoms with Gasteiger partial charge >= 0.3 is 0 Å². The van der Waals surface area contributed by atoms with Crippen LogP contribution in [0, 0.1) is 11.6 Å². The van der Waals surface area contributed by atoms with Crippen LogP contribution in [0.1, 0.15) is 19.3 Å². The van der Waals surface area contributed by atoms with E-state index in [2.05, 4.69) is 4.72 Å². The van der Waals surface area contributed by atoms with E-state index in [1.807, 2.05) is 0 Å². The molecule has 1 aliphatic heterocycles. The van der Waals surface area contributed by atoms with E-state index in [4.69, 9.17) is 9.47 Å². The summed E-state index contributed by atoms with van der Waals surface area (Å²) in [6.45, 7) is 1.84. The molecular weight excluding hydrogens is 316 g/mol. The molecule has 22 heavy (non-hydrogen) atoms. The quantitative estimate of drug-likeness (QED) is 0.736. The Morgan fingerprint density at radius 1 is 1.32 bits per heavy atom. The van der Waals surface area contributed by atoms with Crippen LogP contribution in [0.25, 0.3) is 0 Å². The molecule has 1 fully saturated rings. The Bertz CT molecular complexity index is 589. The summed E-state index contributed by atoms with van der Waals surface area (Å²) >= 11 is 0. The molecule has 0 spiro atoms. The van der Waals surface area contributed by atoms with Gasteiger partial charge in [0.15, 0.2) is 11.6 Å². The fourth-order valence-electron chi connectivity index (χ4n) is 2.10. The van der Waals surface area contributed by atoms with E-state index in [0.717, 1.165) is 31.6 Å². The van der Waals surface area contributed by atoms with E-state index in [1.165, 1.54) is 0 Å². The van der Waals surface area contributed by atoms with Crippen LogP contribution in [0.5, 0.6) is 0 Å².